The fourth-order valence-electron chi connectivity index (χ4n) is 2.35. The fraction of sp³-hybridized carbons (Fsp3) is 0.667. The van der Waals surface area contributed by atoms with Gasteiger partial charge in [0.2, 0.25) is 11.2 Å². The van der Waals surface area contributed by atoms with Gasteiger partial charge in [0, 0.05) is 6.20 Å². The van der Waals surface area contributed by atoms with Crippen molar-refractivity contribution in [2.45, 2.75) is 45.1 Å². The molecule has 2 unspecified atom stereocenters. The van der Waals surface area contributed by atoms with Gasteiger partial charge in [-0.05, 0) is 59.1 Å². The van der Waals surface area contributed by atoms with Crippen LogP contribution in [0.15, 0.2) is 10.7 Å². The van der Waals surface area contributed by atoms with E-state index >= 15 is 0 Å². The average Bonchev–Trinajstić information content (AvgIpc) is 2.34. The Morgan fingerprint density at radius 3 is 3.00 bits per heavy atom. The van der Waals surface area contributed by atoms with Crippen molar-refractivity contribution in [3.05, 3.63) is 16.0 Å². The largest absolute Gasteiger partial charge is 0.473 e. The van der Waals surface area contributed by atoms with Gasteiger partial charge in [0.1, 0.15) is 6.10 Å². The van der Waals surface area contributed by atoms with Crippen molar-refractivity contribution >= 4 is 27.5 Å². The van der Waals surface area contributed by atoms with Gasteiger partial charge in [0.05, 0.1) is 4.47 Å². The zero-order valence-corrected chi connectivity index (χ0v) is 12.2. The van der Waals surface area contributed by atoms with E-state index in [0.717, 1.165) is 17.3 Å². The summed E-state index contributed by atoms with van der Waals surface area (Å²) < 4.78 is 6.75. The Morgan fingerprint density at radius 2 is 2.24 bits per heavy atom. The lowest BCUT2D eigenvalue weighted by molar-refractivity contribution is 0.0849. The first-order chi connectivity index (χ1) is 8.20. The van der Waals surface area contributed by atoms with Gasteiger partial charge in [-0.3, -0.25) is 0 Å². The molecule has 94 valence electrons. The van der Waals surface area contributed by atoms with Crippen LogP contribution in [0.1, 0.15) is 39.0 Å². The quantitative estimate of drug-likeness (QED) is 0.782. The molecule has 1 aliphatic rings. The molecule has 0 aromatic carbocycles. The molecule has 0 N–H and O–H groups in total. The number of hydrogen-bond acceptors (Lipinski definition) is 3. The van der Waals surface area contributed by atoms with Gasteiger partial charge in [-0.15, -0.1) is 0 Å². The lowest BCUT2D eigenvalue weighted by Gasteiger charge is -2.30. The molecule has 0 bridgehead atoms. The van der Waals surface area contributed by atoms with Crippen LogP contribution in [0.5, 0.6) is 5.88 Å². The van der Waals surface area contributed by atoms with E-state index in [1.54, 1.807) is 6.20 Å². The first kappa shape index (κ1) is 13.1. The fourth-order valence-corrected chi connectivity index (χ4v) is 2.76. The topological polar surface area (TPSA) is 35.0 Å². The summed E-state index contributed by atoms with van der Waals surface area (Å²) in [5.74, 6) is 1.19. The molecule has 2 rings (SSSR count). The van der Waals surface area contributed by atoms with Gasteiger partial charge in [-0.25, -0.2) is 4.98 Å². The Morgan fingerprint density at radius 1 is 1.47 bits per heavy atom. The van der Waals surface area contributed by atoms with Crippen LogP contribution < -0.4 is 4.74 Å². The molecule has 1 saturated carbocycles. The highest BCUT2D eigenvalue weighted by molar-refractivity contribution is 9.10. The number of rotatable bonds is 3. The van der Waals surface area contributed by atoms with Crippen LogP contribution in [0, 0.1) is 5.92 Å². The maximum atomic E-state index is 5.99. The van der Waals surface area contributed by atoms with Gasteiger partial charge >= 0.3 is 0 Å². The van der Waals surface area contributed by atoms with Crippen LogP contribution in [0.3, 0.4) is 0 Å². The monoisotopic (exact) mass is 318 g/mol. The zero-order chi connectivity index (χ0) is 12.3. The van der Waals surface area contributed by atoms with Crippen molar-refractivity contribution in [1.29, 1.82) is 0 Å². The van der Waals surface area contributed by atoms with Gasteiger partial charge in [-0.2, -0.15) is 4.98 Å². The van der Waals surface area contributed by atoms with Crippen LogP contribution in [0.2, 0.25) is 5.28 Å². The summed E-state index contributed by atoms with van der Waals surface area (Å²) in [6.45, 7) is 2.22. The molecule has 0 saturated heterocycles. The highest BCUT2D eigenvalue weighted by Gasteiger charge is 2.26. The Labute approximate surface area is 115 Å². The van der Waals surface area contributed by atoms with Crippen LogP contribution in [0.4, 0.5) is 0 Å². The van der Waals surface area contributed by atoms with E-state index in [4.69, 9.17) is 16.3 Å². The second-order valence-electron chi connectivity index (χ2n) is 4.40. The Bertz CT molecular complexity index is 389. The molecular formula is C12H16BrClN2O. The molecule has 1 fully saturated rings. The SMILES string of the molecule is CCC1CCCCC1Oc1nc(Cl)ncc1Br. The maximum absolute atomic E-state index is 5.99. The maximum Gasteiger partial charge on any atom is 0.232 e. The average molecular weight is 320 g/mol. The lowest BCUT2D eigenvalue weighted by Crippen LogP contribution is -2.30. The molecule has 1 heterocycles. The summed E-state index contributed by atoms with van der Waals surface area (Å²) >= 11 is 9.17. The number of nitrogens with zero attached hydrogens (tertiary/aromatic N) is 2. The third-order valence-electron chi connectivity index (χ3n) is 3.31. The minimum atomic E-state index is 0.229. The van der Waals surface area contributed by atoms with Gasteiger partial charge in [0.15, 0.2) is 0 Å². The Hall–Kier alpha value is -0.350. The minimum absolute atomic E-state index is 0.229. The van der Waals surface area contributed by atoms with Crippen molar-refractivity contribution in [3.8, 4) is 5.88 Å². The van der Waals surface area contributed by atoms with Gasteiger partial charge in [0.25, 0.3) is 0 Å². The molecule has 0 amide bonds. The van der Waals surface area contributed by atoms with E-state index in [9.17, 15) is 0 Å². The number of ether oxygens (including phenoxy) is 1. The lowest BCUT2D eigenvalue weighted by atomic mass is 9.85. The smallest absolute Gasteiger partial charge is 0.232 e. The van der Waals surface area contributed by atoms with E-state index in [1.165, 1.54) is 19.3 Å². The highest BCUT2D eigenvalue weighted by atomic mass is 79.9. The van der Waals surface area contributed by atoms with Crippen molar-refractivity contribution in [3.63, 3.8) is 0 Å². The molecule has 0 radical (unpaired) electrons. The predicted octanol–water partition coefficient (Wildman–Crippen LogP) is 4.24. The molecule has 17 heavy (non-hydrogen) atoms. The Kier molecular flexibility index (Phi) is 4.62. The molecule has 0 aliphatic heterocycles. The van der Waals surface area contributed by atoms with Crippen LogP contribution in [-0.4, -0.2) is 16.1 Å². The van der Waals surface area contributed by atoms with E-state index in [1.807, 2.05) is 0 Å². The molecular weight excluding hydrogens is 304 g/mol. The molecule has 1 aromatic heterocycles. The third-order valence-corrected chi connectivity index (χ3v) is 4.04. The van der Waals surface area contributed by atoms with E-state index in [2.05, 4.69) is 32.8 Å². The molecule has 2 atom stereocenters. The molecule has 1 aromatic rings. The molecule has 3 nitrogen and oxygen atoms in total. The number of aromatic nitrogens is 2. The predicted molar refractivity (Wildman–Crippen MR) is 71.4 cm³/mol. The minimum Gasteiger partial charge on any atom is -0.473 e. The summed E-state index contributed by atoms with van der Waals surface area (Å²) in [4.78, 5) is 8.02. The van der Waals surface area contributed by atoms with E-state index in [-0.39, 0.29) is 11.4 Å². The van der Waals surface area contributed by atoms with Crippen molar-refractivity contribution in [2.24, 2.45) is 5.92 Å². The molecule has 0 spiro atoms. The van der Waals surface area contributed by atoms with E-state index in [0.29, 0.717) is 11.8 Å². The standard InChI is InChI=1S/C12H16BrClN2O/c1-2-8-5-3-4-6-10(8)17-11-9(13)7-15-12(14)16-11/h7-8,10H,2-6H2,1H3. The molecule has 1 aliphatic carbocycles. The van der Waals surface area contributed by atoms with Gasteiger partial charge < -0.3 is 4.74 Å². The highest BCUT2D eigenvalue weighted by Crippen LogP contribution is 2.32. The number of halogens is 2. The molecule has 5 heteroatoms. The summed E-state index contributed by atoms with van der Waals surface area (Å²) in [6, 6.07) is 0. The second kappa shape index (κ2) is 6.01. The van der Waals surface area contributed by atoms with Gasteiger partial charge in [-0.1, -0.05) is 13.3 Å². The Balaban J connectivity index is 2.10. The summed E-state index contributed by atoms with van der Waals surface area (Å²) in [5, 5.41) is 0.229. The number of hydrogen-bond donors (Lipinski definition) is 0. The first-order valence-corrected chi connectivity index (χ1v) is 7.22. The van der Waals surface area contributed by atoms with Crippen LogP contribution >= 0.6 is 27.5 Å². The van der Waals surface area contributed by atoms with E-state index < -0.39 is 0 Å². The summed E-state index contributed by atoms with van der Waals surface area (Å²) in [7, 11) is 0. The first-order valence-electron chi connectivity index (χ1n) is 6.05. The van der Waals surface area contributed by atoms with Crippen molar-refractivity contribution < 1.29 is 4.74 Å². The van der Waals surface area contributed by atoms with Crippen molar-refractivity contribution in [1.82, 2.24) is 9.97 Å². The zero-order valence-electron chi connectivity index (χ0n) is 9.83. The van der Waals surface area contributed by atoms with Crippen LogP contribution in [0.25, 0.3) is 0 Å². The normalized spacial score (nSPS) is 24.6. The summed E-state index contributed by atoms with van der Waals surface area (Å²) in [5.41, 5.74) is 0. The van der Waals surface area contributed by atoms with Crippen LogP contribution in [-0.2, 0) is 0 Å². The summed E-state index contributed by atoms with van der Waals surface area (Å²) in [6.07, 6.45) is 7.94. The van der Waals surface area contributed by atoms with Crippen molar-refractivity contribution in [2.75, 3.05) is 0 Å². The third kappa shape index (κ3) is 3.32. The second-order valence-corrected chi connectivity index (χ2v) is 5.59.